The Morgan fingerprint density at radius 1 is 1.17 bits per heavy atom. The minimum absolute atomic E-state index is 0.0901. The molecule has 29 heavy (non-hydrogen) atoms. The van der Waals surface area contributed by atoms with E-state index in [0.29, 0.717) is 12.6 Å². The van der Waals surface area contributed by atoms with Gasteiger partial charge in [-0.1, -0.05) is 30.3 Å². The van der Waals surface area contributed by atoms with Crippen LogP contribution in [0.2, 0.25) is 0 Å². The molecule has 1 aliphatic rings. The Morgan fingerprint density at radius 3 is 2.66 bits per heavy atom. The Labute approximate surface area is 173 Å². The van der Waals surface area contributed by atoms with Crippen LogP contribution in [0.1, 0.15) is 12.0 Å². The molecule has 2 heterocycles. The molecule has 3 rings (SSSR count). The zero-order valence-corrected chi connectivity index (χ0v) is 17.7. The van der Waals surface area contributed by atoms with E-state index in [4.69, 9.17) is 4.74 Å². The fraction of sp³-hybridized carbons (Fsp3) is 0.545. The zero-order chi connectivity index (χ0) is 20.6. The average molecular weight is 400 g/mol. The van der Waals surface area contributed by atoms with Gasteiger partial charge in [0.1, 0.15) is 18.0 Å². The van der Waals surface area contributed by atoms with Crippen LogP contribution in [0.5, 0.6) is 0 Å². The minimum atomic E-state index is 0.0901. The van der Waals surface area contributed by atoms with Crippen LogP contribution in [0.15, 0.2) is 42.7 Å². The summed E-state index contributed by atoms with van der Waals surface area (Å²) in [5, 5.41) is 9.57. The van der Waals surface area contributed by atoms with Crippen molar-refractivity contribution in [3.8, 4) is 0 Å². The molecule has 0 unspecified atom stereocenters. The van der Waals surface area contributed by atoms with Gasteiger partial charge in [0.25, 0.3) is 0 Å². The van der Waals surface area contributed by atoms with Crippen molar-refractivity contribution in [3.05, 3.63) is 48.3 Å². The lowest BCUT2D eigenvalue weighted by Gasteiger charge is -2.29. The van der Waals surface area contributed by atoms with E-state index in [1.54, 1.807) is 13.4 Å². The highest BCUT2D eigenvalue weighted by atomic mass is 16.5. The Kier molecular flexibility index (Phi) is 7.80. The summed E-state index contributed by atoms with van der Waals surface area (Å²) in [4.78, 5) is 15.7. The van der Waals surface area contributed by atoms with Gasteiger partial charge in [-0.3, -0.25) is 0 Å². The number of likely N-dealkylation sites (N-methyl/N-ethyl adjacent to an activating group) is 1. The van der Waals surface area contributed by atoms with Crippen LogP contribution in [0.3, 0.4) is 0 Å². The number of aromatic nitrogens is 2. The molecule has 0 radical (unpaired) electrons. The fourth-order valence-electron chi connectivity index (χ4n) is 3.96. The summed E-state index contributed by atoms with van der Waals surface area (Å²) in [5.74, 6) is 1.77. The van der Waals surface area contributed by atoms with Gasteiger partial charge < -0.3 is 24.5 Å². The first-order valence-electron chi connectivity index (χ1n) is 10.3. The van der Waals surface area contributed by atoms with Gasteiger partial charge in [0.2, 0.25) is 0 Å². The fourth-order valence-corrected chi connectivity index (χ4v) is 3.96. The number of benzene rings is 1. The summed E-state index contributed by atoms with van der Waals surface area (Å²) in [7, 11) is 5.96. The smallest absolute Gasteiger partial charge is 0.134 e. The maximum Gasteiger partial charge on any atom is 0.134 e. The minimum Gasteiger partial charge on any atom is -0.395 e. The maximum atomic E-state index is 9.57. The predicted molar refractivity (Wildman–Crippen MR) is 117 cm³/mol. The molecule has 0 aliphatic carbocycles. The van der Waals surface area contributed by atoms with Crippen molar-refractivity contribution in [3.63, 3.8) is 0 Å². The van der Waals surface area contributed by atoms with Gasteiger partial charge in [-0.15, -0.1) is 0 Å². The lowest BCUT2D eigenvalue weighted by atomic mass is 10.1. The summed E-state index contributed by atoms with van der Waals surface area (Å²) in [6, 6.07) is 12.8. The first-order valence-corrected chi connectivity index (χ1v) is 10.3. The molecule has 1 aliphatic heterocycles. The van der Waals surface area contributed by atoms with Crippen LogP contribution in [-0.2, 0) is 11.2 Å². The van der Waals surface area contributed by atoms with Crippen molar-refractivity contribution in [2.75, 3.05) is 63.8 Å². The van der Waals surface area contributed by atoms with Crippen LogP contribution in [0, 0.1) is 0 Å². The van der Waals surface area contributed by atoms with Crippen LogP contribution < -0.4 is 9.80 Å². The second-order valence-corrected chi connectivity index (χ2v) is 7.84. The summed E-state index contributed by atoms with van der Waals surface area (Å²) < 4.78 is 5.63. The largest absolute Gasteiger partial charge is 0.395 e. The molecule has 1 N–H and O–H groups in total. The quantitative estimate of drug-likeness (QED) is 0.652. The summed E-state index contributed by atoms with van der Waals surface area (Å²) >= 11 is 0. The predicted octanol–water partition coefficient (Wildman–Crippen LogP) is 1.67. The van der Waals surface area contributed by atoms with E-state index in [-0.39, 0.29) is 12.7 Å². The molecule has 0 saturated carbocycles. The number of rotatable bonds is 10. The van der Waals surface area contributed by atoms with Crippen LogP contribution in [-0.4, -0.2) is 86.1 Å². The van der Waals surface area contributed by atoms with E-state index in [1.165, 1.54) is 5.56 Å². The van der Waals surface area contributed by atoms with Gasteiger partial charge in [0.05, 0.1) is 12.7 Å². The summed E-state index contributed by atoms with van der Waals surface area (Å²) in [6.45, 7) is 3.21. The highest BCUT2D eigenvalue weighted by Crippen LogP contribution is 2.27. The Hall–Kier alpha value is -2.22. The molecular formula is C22H33N5O2. The number of anilines is 2. The van der Waals surface area contributed by atoms with Gasteiger partial charge in [0, 0.05) is 45.4 Å². The number of ether oxygens (including phenoxy) is 1. The van der Waals surface area contributed by atoms with Crippen molar-refractivity contribution in [2.45, 2.75) is 25.0 Å². The Morgan fingerprint density at radius 2 is 1.97 bits per heavy atom. The van der Waals surface area contributed by atoms with Gasteiger partial charge in [-0.05, 0) is 32.5 Å². The Balaban J connectivity index is 1.76. The molecule has 2 aromatic rings. The average Bonchev–Trinajstić information content (AvgIpc) is 3.14. The molecule has 2 atom stereocenters. The van der Waals surface area contributed by atoms with Crippen molar-refractivity contribution in [2.24, 2.45) is 0 Å². The van der Waals surface area contributed by atoms with E-state index in [0.717, 1.165) is 44.1 Å². The highest BCUT2D eigenvalue weighted by Gasteiger charge is 2.33. The molecule has 7 heteroatoms. The van der Waals surface area contributed by atoms with E-state index >= 15 is 0 Å². The number of aliphatic hydroxyl groups is 1. The van der Waals surface area contributed by atoms with Crippen molar-refractivity contribution in [1.29, 1.82) is 0 Å². The van der Waals surface area contributed by atoms with E-state index in [1.807, 2.05) is 12.1 Å². The summed E-state index contributed by atoms with van der Waals surface area (Å²) in [5.41, 5.74) is 1.28. The first-order chi connectivity index (χ1) is 14.1. The summed E-state index contributed by atoms with van der Waals surface area (Å²) in [6.07, 6.45) is 3.73. The third-order valence-electron chi connectivity index (χ3n) is 5.42. The molecule has 1 aromatic carbocycles. The molecular weight excluding hydrogens is 366 g/mol. The third-order valence-corrected chi connectivity index (χ3v) is 5.42. The van der Waals surface area contributed by atoms with Crippen LogP contribution in [0.4, 0.5) is 11.6 Å². The second-order valence-electron chi connectivity index (χ2n) is 7.84. The van der Waals surface area contributed by atoms with Gasteiger partial charge in [-0.2, -0.15) is 0 Å². The van der Waals surface area contributed by atoms with Gasteiger partial charge in [0.15, 0.2) is 0 Å². The van der Waals surface area contributed by atoms with Crippen LogP contribution >= 0.6 is 0 Å². The third kappa shape index (κ3) is 5.88. The Bertz CT molecular complexity index is 743. The number of methoxy groups -OCH3 is 1. The number of nitrogens with zero attached hydrogens (tertiary/aromatic N) is 5. The molecule has 1 aromatic heterocycles. The zero-order valence-electron chi connectivity index (χ0n) is 17.7. The molecule has 0 bridgehead atoms. The monoisotopic (exact) mass is 399 g/mol. The van der Waals surface area contributed by atoms with E-state index in [9.17, 15) is 5.11 Å². The van der Waals surface area contributed by atoms with Crippen molar-refractivity contribution < 1.29 is 9.84 Å². The maximum absolute atomic E-state index is 9.57. The highest BCUT2D eigenvalue weighted by molar-refractivity contribution is 5.52. The molecule has 0 spiro atoms. The molecule has 158 valence electrons. The molecule has 1 saturated heterocycles. The number of hydrogen-bond acceptors (Lipinski definition) is 7. The second kappa shape index (κ2) is 10.5. The normalized spacial score (nSPS) is 19.1. The number of hydrogen-bond donors (Lipinski definition) is 1. The SMILES string of the molecule is CO[C@H]1C[C@@H](CN(C)C)N(c2cc(N(CCO)CCc3ccccc3)ncn2)C1. The van der Waals surface area contributed by atoms with Crippen molar-refractivity contribution in [1.82, 2.24) is 14.9 Å². The molecule has 0 amide bonds. The van der Waals surface area contributed by atoms with E-state index < -0.39 is 0 Å². The lowest BCUT2D eigenvalue weighted by molar-refractivity contribution is 0.117. The lowest BCUT2D eigenvalue weighted by Crippen LogP contribution is -2.38. The molecule has 1 fully saturated rings. The van der Waals surface area contributed by atoms with Gasteiger partial charge >= 0.3 is 0 Å². The molecule has 7 nitrogen and oxygen atoms in total. The van der Waals surface area contributed by atoms with Gasteiger partial charge in [-0.25, -0.2) is 9.97 Å². The first kappa shape index (κ1) is 21.5. The standard InChI is InChI=1S/C22H33N5O2/c1-25(2)15-19-13-20(29-3)16-27(19)22-14-21(23-17-24-22)26(11-12-28)10-9-18-7-5-4-6-8-18/h4-8,14,17,19-20,28H,9-13,15-16H2,1-3H3/t19-,20-/m0/s1. The number of aliphatic hydroxyl groups excluding tert-OH is 1. The van der Waals surface area contributed by atoms with E-state index in [2.05, 4.69) is 63.0 Å². The van der Waals surface area contributed by atoms with Crippen LogP contribution in [0.25, 0.3) is 0 Å². The van der Waals surface area contributed by atoms with Crippen molar-refractivity contribution >= 4 is 11.6 Å². The topological polar surface area (TPSA) is 65.0 Å².